The van der Waals surface area contributed by atoms with Gasteiger partial charge in [0, 0.05) is 41.0 Å². The maximum Gasteiger partial charge on any atom is 0.364 e. The third kappa shape index (κ3) is 26.2. The number of nitrogens with one attached hydrogen (secondary N) is 5. The Balaban J connectivity index is 0.887. The molecule has 0 bridgehead atoms. The van der Waals surface area contributed by atoms with Crippen LogP contribution in [0.25, 0.3) is 0 Å². The standard InChI is InChI=1S/C79H131N5O59/c1-18(94)80-35-23(99)6-79(78(121)122,143-64(35)40(101)24(100)7-85)124-17-34-44(105)51(112)56(117)73(134-34)136-60-29(12-90)131-71(39(49(60)110)84-22(5)98)142-67-53(114)43(104)27(10-88)128-77(67)140-65-45(106)33(133-75(58(65)119)138-62-31(14-92)129-69(37(47(62)108)82-20(3)96)135-59-28(11-89)125-68(120)36(46(59)107)81-19(2)95)16-123-76-66(52(113)42(103)26(9-87)127-76)141-70-38(83-21(4)97)48(109)61(30(13-91)130-70)137-74-57(118)54(115)63(32(15-93)132-74)139-72-55(116)50(111)41(102)25(8-86)126-72/h23-77,85-93,99-120H,6-17H2,1-5H3,(H,80,94)(H,81,95)(H,82,96)(H,83,97)(H,84,98)(H,121,122)/t23-,24+,25+,26+,27+,28+,29+,30+,31+,32+,33+,34+,35+,36+,37+,38+,39+,40+,41-,42+,43+,44-,45+,46+,47+,48+,49+,50-,51-,52-,53-,54+,55+,56+,57+,58-,59+,60+,61+,62+,63-,64+,65-,66-,67-,68+,69-,70-,71-,72+,73-,74-,75-,76-,77+,79+/m0/s1. The lowest BCUT2D eigenvalue weighted by atomic mass is 9.88. The summed E-state index contributed by atoms with van der Waals surface area (Å²) in [5, 5.41) is 370. The van der Waals surface area contributed by atoms with Gasteiger partial charge in [0.1, 0.15) is 262 Å². The van der Waals surface area contributed by atoms with Crippen LogP contribution in [0, 0.1) is 0 Å². The molecule has 0 aromatic rings. The highest BCUT2D eigenvalue weighted by atomic mass is 16.8. The van der Waals surface area contributed by atoms with Crippen LogP contribution >= 0.6 is 0 Å². The number of carboxylic acids is 1. The van der Waals surface area contributed by atoms with Gasteiger partial charge in [0.05, 0.1) is 84.8 Å². The van der Waals surface area contributed by atoms with Crippen molar-refractivity contribution >= 4 is 35.5 Å². The van der Waals surface area contributed by atoms with Crippen molar-refractivity contribution < 1.29 is 292 Å². The Kier molecular flexibility index (Phi) is 42.3. The van der Waals surface area contributed by atoms with Crippen LogP contribution < -0.4 is 26.6 Å². The molecule has 64 heteroatoms. The Morgan fingerprint density at radius 3 is 0.958 bits per heavy atom. The van der Waals surface area contributed by atoms with Crippen molar-refractivity contribution in [3.63, 3.8) is 0 Å². The molecule has 0 saturated carbocycles. The fourth-order valence-electron chi connectivity index (χ4n) is 18.4. The molecular formula is C79H131N5O59. The summed E-state index contributed by atoms with van der Waals surface area (Å²) in [6.45, 7) is -8.56. The summed E-state index contributed by atoms with van der Waals surface area (Å²) in [4.78, 5) is 77.1. The van der Waals surface area contributed by atoms with Gasteiger partial charge < -0.3 is 289 Å². The summed E-state index contributed by atoms with van der Waals surface area (Å²) in [6, 6.07) is -9.60. The first kappa shape index (κ1) is 118. The van der Waals surface area contributed by atoms with Crippen LogP contribution in [0.2, 0.25) is 0 Å². The molecule has 826 valence electrons. The second-order valence-electron chi connectivity index (χ2n) is 36.0. The SMILES string of the molecule is CC(=O)N[C@@H]1[C@@H](O)[C@H](O[C@@H]2O[C@H](CO)[C@@H](O[C@@H]3O[C@H](CO[C@H]4O[C@H](CO)[C@@H](O)[C@H](O)[C@@H]4O[C@@H]4O[C@H](CO)[C@@H](O[C@@H]5O[C@H](CO)[C@H](O[C@H]6O[C@H](CO)[C@H](O)[C@H](O)[C@H]6O)[C@H](O)[C@H]5O)[C@H](O)[C@H]4NC(C)=O)[C@@H](O)[C@H](O[C@H]4O[C@H](CO)[C@@H](O)[C@H](O)[C@@H]4O[C@@H]4O[C@H](CO)[C@@H](O[C@@H]5O[C@H](CO[C@]6(C(=O)O)C[C@H](O)[C@@H](NC(C)=O)[C@H]([C@H](O)[C@H](O)CO)O6)[C@H](O)[C@H](O)[C@H]5O)[C@H](O)[C@H]4NC(C)=O)[C@@H]3O)[C@H](O)[C@H]2NC(C)=O)[C@@H](CO)O[C@H]1O. The first-order valence-electron chi connectivity index (χ1n) is 45.3. The Morgan fingerprint density at radius 1 is 0.287 bits per heavy atom. The fourth-order valence-corrected chi connectivity index (χ4v) is 18.4. The highest BCUT2D eigenvalue weighted by Crippen LogP contribution is 2.43. The average molecular weight is 2090 g/mol. The monoisotopic (exact) mass is 2090 g/mol. The number of ether oxygens (including phenoxy) is 21. The van der Waals surface area contributed by atoms with Crippen LogP contribution in [-0.4, -0.2) is 615 Å². The minimum atomic E-state index is -3.12. The predicted molar refractivity (Wildman–Crippen MR) is 438 cm³/mol. The van der Waals surface area contributed by atoms with Crippen LogP contribution in [0.15, 0.2) is 0 Å². The van der Waals surface area contributed by atoms with E-state index in [0.29, 0.717) is 0 Å². The number of carbonyl (C=O) groups is 6. The minimum absolute atomic E-state index is 0.828. The molecule has 11 rings (SSSR count). The molecular weight excluding hydrogens is 1960 g/mol. The van der Waals surface area contributed by atoms with E-state index in [0.717, 1.165) is 34.6 Å². The lowest BCUT2D eigenvalue weighted by Gasteiger charge is -2.51. The topological polar surface area (TPSA) is 1000 Å². The van der Waals surface area contributed by atoms with Crippen molar-refractivity contribution in [3.05, 3.63) is 0 Å². The zero-order chi connectivity index (χ0) is 106. The van der Waals surface area contributed by atoms with E-state index in [1.807, 2.05) is 0 Å². The number of carboxylic acid groups (broad SMARTS) is 1. The molecule has 0 aromatic heterocycles. The largest absolute Gasteiger partial charge is 0.477 e. The first-order chi connectivity index (χ1) is 67.5. The van der Waals surface area contributed by atoms with Gasteiger partial charge in [-0.1, -0.05) is 0 Å². The van der Waals surface area contributed by atoms with E-state index in [1.165, 1.54) is 0 Å². The van der Waals surface area contributed by atoms with Gasteiger partial charge in [-0.15, -0.1) is 0 Å². The minimum Gasteiger partial charge on any atom is -0.477 e. The van der Waals surface area contributed by atoms with E-state index >= 15 is 0 Å². The molecule has 56 atom stereocenters. The molecule has 0 unspecified atom stereocenters. The molecule has 37 N–H and O–H groups in total. The smallest absolute Gasteiger partial charge is 0.364 e. The molecule has 0 aliphatic carbocycles. The number of aliphatic hydroxyl groups excluding tert-OH is 31. The van der Waals surface area contributed by atoms with Crippen LogP contribution in [0.5, 0.6) is 0 Å². The second-order valence-corrected chi connectivity index (χ2v) is 36.0. The number of rotatable bonds is 39. The summed E-state index contributed by atoms with van der Waals surface area (Å²) in [5.74, 6) is -9.98. The molecule has 11 aliphatic rings. The molecule has 11 heterocycles. The van der Waals surface area contributed by atoms with Gasteiger partial charge in [-0.25, -0.2) is 4.79 Å². The van der Waals surface area contributed by atoms with Crippen molar-refractivity contribution in [2.75, 3.05) is 72.7 Å². The summed E-state index contributed by atoms with van der Waals surface area (Å²) < 4.78 is 124. The molecule has 5 amide bonds. The van der Waals surface area contributed by atoms with Gasteiger partial charge in [0.15, 0.2) is 62.9 Å². The van der Waals surface area contributed by atoms with Crippen LogP contribution in [0.1, 0.15) is 41.0 Å². The highest BCUT2D eigenvalue weighted by molar-refractivity contribution is 5.77. The van der Waals surface area contributed by atoms with Crippen molar-refractivity contribution in [3.8, 4) is 0 Å². The van der Waals surface area contributed by atoms with Gasteiger partial charge in [-0.3, -0.25) is 24.0 Å². The predicted octanol–water partition coefficient (Wildman–Crippen LogP) is -25.1. The summed E-state index contributed by atoms with van der Waals surface area (Å²) in [5.41, 5.74) is 0. The van der Waals surface area contributed by atoms with E-state index < -0.39 is 458 Å². The van der Waals surface area contributed by atoms with E-state index in [1.54, 1.807) is 0 Å². The Bertz CT molecular complexity index is 4030. The van der Waals surface area contributed by atoms with Gasteiger partial charge in [-0.2, -0.15) is 0 Å². The summed E-state index contributed by atoms with van der Waals surface area (Å²) in [6.07, 6.45) is -111. The summed E-state index contributed by atoms with van der Waals surface area (Å²) >= 11 is 0. The number of amides is 5. The van der Waals surface area contributed by atoms with Crippen LogP contribution in [-0.2, 0) is 128 Å². The van der Waals surface area contributed by atoms with Gasteiger partial charge in [0.25, 0.3) is 5.79 Å². The van der Waals surface area contributed by atoms with Crippen molar-refractivity contribution in [2.24, 2.45) is 0 Å². The van der Waals surface area contributed by atoms with Gasteiger partial charge >= 0.3 is 5.97 Å². The average Bonchev–Trinajstić information content (AvgIpc) is 0.766. The number of aliphatic carboxylic acids is 1. The molecule has 11 fully saturated rings. The third-order valence-electron chi connectivity index (χ3n) is 26.0. The third-order valence-corrected chi connectivity index (χ3v) is 26.0. The number of carbonyl (C=O) groups excluding carboxylic acids is 5. The van der Waals surface area contributed by atoms with Crippen molar-refractivity contribution in [1.29, 1.82) is 0 Å². The van der Waals surface area contributed by atoms with Gasteiger partial charge in [-0.05, 0) is 0 Å². The van der Waals surface area contributed by atoms with E-state index in [4.69, 9.17) is 99.5 Å². The lowest BCUT2D eigenvalue weighted by Crippen LogP contribution is -2.71. The Hall–Kier alpha value is -5.26. The molecule has 64 nitrogen and oxygen atoms in total. The second kappa shape index (κ2) is 51.2. The normalized spacial score (nSPS) is 47.8. The van der Waals surface area contributed by atoms with Crippen LogP contribution in [0.3, 0.4) is 0 Å². The Morgan fingerprint density at radius 2 is 0.566 bits per heavy atom. The lowest BCUT2D eigenvalue weighted by molar-refractivity contribution is -0.399. The zero-order valence-corrected chi connectivity index (χ0v) is 76.6. The molecule has 0 aromatic carbocycles. The number of aliphatic hydroxyl groups is 31. The van der Waals surface area contributed by atoms with Crippen LogP contribution in [0.4, 0.5) is 0 Å². The van der Waals surface area contributed by atoms with E-state index in [2.05, 4.69) is 26.6 Å². The summed E-state index contributed by atoms with van der Waals surface area (Å²) in [7, 11) is 0. The number of hydrogen-bond acceptors (Lipinski definition) is 58. The first-order valence-corrected chi connectivity index (χ1v) is 45.3. The zero-order valence-electron chi connectivity index (χ0n) is 76.6. The maximum absolute atomic E-state index is 13.3. The maximum atomic E-state index is 13.3. The van der Waals surface area contributed by atoms with Crippen molar-refractivity contribution in [1.82, 2.24) is 26.6 Å². The van der Waals surface area contributed by atoms with E-state index in [-0.39, 0.29) is 0 Å². The highest BCUT2D eigenvalue weighted by Gasteiger charge is 2.64. The molecule has 0 radical (unpaired) electrons. The molecule has 143 heavy (non-hydrogen) atoms. The quantitative estimate of drug-likeness (QED) is 0.0272. The van der Waals surface area contributed by atoms with Crippen molar-refractivity contribution in [2.45, 2.75) is 384 Å². The van der Waals surface area contributed by atoms with Gasteiger partial charge in [0.2, 0.25) is 29.5 Å². The molecule has 11 saturated heterocycles. The fraction of sp³-hybridized carbons (Fsp3) is 0.924. The Labute approximate surface area is 808 Å². The number of hydrogen-bond donors (Lipinski definition) is 37. The molecule has 0 spiro atoms. The van der Waals surface area contributed by atoms with E-state index in [9.17, 15) is 192 Å². The molecule has 11 aliphatic heterocycles.